The van der Waals surface area contributed by atoms with Crippen molar-refractivity contribution in [2.45, 2.75) is 0 Å². The standard InChI is InChI=1S/C21H21N5O2/c27-20(24-17-6-2-1-3-7-17)16-14-22-21(23-15-16)25-18-8-4-5-9-19(18)26-10-12-28-13-11-26/h1-9,14-15H,10-13H2,(H,24,27)(H,22,23,25). The summed E-state index contributed by atoms with van der Waals surface area (Å²) in [6.45, 7) is 3.13. The number of para-hydroxylation sites is 3. The van der Waals surface area contributed by atoms with Gasteiger partial charge >= 0.3 is 0 Å². The van der Waals surface area contributed by atoms with Crippen LogP contribution >= 0.6 is 0 Å². The zero-order chi connectivity index (χ0) is 19.2. The quantitative estimate of drug-likeness (QED) is 0.712. The Morgan fingerprint density at radius 1 is 0.929 bits per heavy atom. The Morgan fingerprint density at radius 3 is 2.36 bits per heavy atom. The average molecular weight is 375 g/mol. The maximum Gasteiger partial charge on any atom is 0.258 e. The van der Waals surface area contributed by atoms with Gasteiger partial charge in [0.05, 0.1) is 30.2 Å². The van der Waals surface area contributed by atoms with Crippen LogP contribution in [0.5, 0.6) is 0 Å². The zero-order valence-corrected chi connectivity index (χ0v) is 15.3. The van der Waals surface area contributed by atoms with Crippen LogP contribution in [0.25, 0.3) is 0 Å². The lowest BCUT2D eigenvalue weighted by molar-refractivity contribution is 0.102. The first kappa shape index (κ1) is 17.9. The Morgan fingerprint density at radius 2 is 1.61 bits per heavy atom. The molecule has 1 amide bonds. The summed E-state index contributed by atoms with van der Waals surface area (Å²) < 4.78 is 5.43. The van der Waals surface area contributed by atoms with Crippen molar-refractivity contribution in [3.63, 3.8) is 0 Å². The van der Waals surface area contributed by atoms with Gasteiger partial charge in [0.25, 0.3) is 5.91 Å². The van der Waals surface area contributed by atoms with Crippen LogP contribution in [0, 0.1) is 0 Å². The minimum absolute atomic E-state index is 0.244. The Balaban J connectivity index is 1.46. The Bertz CT molecular complexity index is 925. The number of rotatable bonds is 5. The molecule has 4 rings (SSSR count). The van der Waals surface area contributed by atoms with E-state index in [1.54, 1.807) is 0 Å². The monoisotopic (exact) mass is 375 g/mol. The third-order valence-electron chi connectivity index (χ3n) is 4.45. The number of hydrogen-bond acceptors (Lipinski definition) is 6. The van der Waals surface area contributed by atoms with Crippen molar-refractivity contribution in [3.05, 3.63) is 72.6 Å². The van der Waals surface area contributed by atoms with Crippen LogP contribution in [0.1, 0.15) is 10.4 Å². The number of hydrogen-bond donors (Lipinski definition) is 2. The molecule has 1 fully saturated rings. The molecule has 0 spiro atoms. The van der Waals surface area contributed by atoms with Crippen LogP contribution in [0.3, 0.4) is 0 Å². The van der Waals surface area contributed by atoms with Gasteiger partial charge in [0.2, 0.25) is 5.95 Å². The molecule has 0 aliphatic carbocycles. The SMILES string of the molecule is O=C(Nc1ccccc1)c1cnc(Nc2ccccc2N2CCOCC2)nc1. The molecule has 28 heavy (non-hydrogen) atoms. The van der Waals surface area contributed by atoms with Crippen molar-refractivity contribution < 1.29 is 9.53 Å². The molecule has 7 nitrogen and oxygen atoms in total. The molecule has 2 heterocycles. The van der Waals surface area contributed by atoms with E-state index in [1.165, 1.54) is 12.4 Å². The van der Waals surface area contributed by atoms with Gasteiger partial charge in [-0.05, 0) is 24.3 Å². The van der Waals surface area contributed by atoms with Crippen LogP contribution in [0.2, 0.25) is 0 Å². The second-order valence-corrected chi connectivity index (χ2v) is 6.36. The summed E-state index contributed by atoms with van der Waals surface area (Å²) in [5, 5.41) is 6.07. The number of ether oxygens (including phenoxy) is 1. The summed E-state index contributed by atoms with van der Waals surface area (Å²) in [6.07, 6.45) is 3.04. The van der Waals surface area contributed by atoms with E-state index in [9.17, 15) is 4.79 Å². The minimum atomic E-state index is -0.244. The zero-order valence-electron chi connectivity index (χ0n) is 15.3. The Hall–Kier alpha value is -3.45. The van der Waals surface area contributed by atoms with Crippen LogP contribution < -0.4 is 15.5 Å². The molecule has 0 bridgehead atoms. The van der Waals surface area contributed by atoms with E-state index in [4.69, 9.17) is 4.74 Å². The van der Waals surface area contributed by atoms with Gasteiger partial charge in [-0.25, -0.2) is 9.97 Å². The number of amides is 1. The molecule has 0 atom stereocenters. The summed E-state index contributed by atoms with van der Waals surface area (Å²) in [5.41, 5.74) is 3.14. The van der Waals surface area contributed by atoms with Crippen LogP contribution in [-0.2, 0) is 4.74 Å². The number of aromatic nitrogens is 2. The highest BCUT2D eigenvalue weighted by atomic mass is 16.5. The molecule has 1 aliphatic rings. The van der Waals surface area contributed by atoms with Crippen molar-refractivity contribution >= 4 is 28.9 Å². The highest BCUT2D eigenvalue weighted by Crippen LogP contribution is 2.28. The lowest BCUT2D eigenvalue weighted by atomic mass is 10.2. The molecule has 1 aliphatic heterocycles. The van der Waals surface area contributed by atoms with Crippen LogP contribution in [0.15, 0.2) is 67.0 Å². The third kappa shape index (κ3) is 4.27. The first-order valence-corrected chi connectivity index (χ1v) is 9.17. The van der Waals surface area contributed by atoms with Gasteiger partial charge in [0, 0.05) is 31.2 Å². The van der Waals surface area contributed by atoms with E-state index < -0.39 is 0 Å². The fraction of sp³-hybridized carbons (Fsp3) is 0.190. The Kier molecular flexibility index (Phi) is 5.44. The molecule has 2 N–H and O–H groups in total. The maximum atomic E-state index is 12.3. The largest absolute Gasteiger partial charge is 0.378 e. The van der Waals surface area contributed by atoms with Gasteiger partial charge in [0.15, 0.2) is 0 Å². The van der Waals surface area contributed by atoms with E-state index >= 15 is 0 Å². The first-order chi connectivity index (χ1) is 13.8. The first-order valence-electron chi connectivity index (χ1n) is 9.17. The van der Waals surface area contributed by atoms with Gasteiger partial charge in [-0.15, -0.1) is 0 Å². The second-order valence-electron chi connectivity index (χ2n) is 6.36. The van der Waals surface area contributed by atoms with Crippen LogP contribution in [0.4, 0.5) is 23.0 Å². The van der Waals surface area contributed by atoms with Crippen molar-refractivity contribution in [1.29, 1.82) is 0 Å². The predicted molar refractivity (Wildman–Crippen MR) is 109 cm³/mol. The minimum Gasteiger partial charge on any atom is -0.378 e. The summed E-state index contributed by atoms with van der Waals surface area (Å²) in [7, 11) is 0. The van der Waals surface area contributed by atoms with Gasteiger partial charge in [-0.3, -0.25) is 4.79 Å². The molecule has 1 saturated heterocycles. The van der Waals surface area contributed by atoms with E-state index in [0.717, 1.165) is 43.4 Å². The number of morpholine rings is 1. The second kappa shape index (κ2) is 8.49. The number of benzene rings is 2. The van der Waals surface area contributed by atoms with Crippen LogP contribution in [-0.4, -0.2) is 42.2 Å². The molecular weight excluding hydrogens is 354 g/mol. The van der Waals surface area contributed by atoms with E-state index in [-0.39, 0.29) is 5.91 Å². The molecule has 2 aromatic carbocycles. The number of carbonyl (C=O) groups excluding carboxylic acids is 1. The van der Waals surface area contributed by atoms with E-state index in [2.05, 4.69) is 31.6 Å². The summed E-state index contributed by atoms with van der Waals surface area (Å²) in [4.78, 5) is 23.2. The number of anilines is 4. The van der Waals surface area contributed by atoms with Gasteiger partial charge in [-0.2, -0.15) is 0 Å². The number of carbonyl (C=O) groups is 1. The molecule has 0 unspecified atom stereocenters. The molecular formula is C21H21N5O2. The van der Waals surface area contributed by atoms with E-state index in [1.807, 2.05) is 48.5 Å². The third-order valence-corrected chi connectivity index (χ3v) is 4.45. The average Bonchev–Trinajstić information content (AvgIpc) is 2.76. The number of nitrogens with one attached hydrogen (secondary N) is 2. The Labute approximate surface area is 163 Å². The lowest BCUT2D eigenvalue weighted by Gasteiger charge is -2.30. The van der Waals surface area contributed by atoms with Crippen molar-refractivity contribution in [3.8, 4) is 0 Å². The molecule has 142 valence electrons. The van der Waals surface area contributed by atoms with E-state index in [0.29, 0.717) is 11.5 Å². The lowest BCUT2D eigenvalue weighted by Crippen LogP contribution is -2.36. The molecule has 0 radical (unpaired) electrons. The highest BCUT2D eigenvalue weighted by Gasteiger charge is 2.15. The van der Waals surface area contributed by atoms with Crippen molar-refractivity contribution in [2.75, 3.05) is 41.8 Å². The van der Waals surface area contributed by atoms with Crippen molar-refractivity contribution in [1.82, 2.24) is 9.97 Å². The fourth-order valence-electron chi connectivity index (χ4n) is 3.01. The fourth-order valence-corrected chi connectivity index (χ4v) is 3.01. The number of nitrogens with zero attached hydrogens (tertiary/aromatic N) is 3. The molecule has 3 aromatic rings. The normalized spacial score (nSPS) is 13.8. The summed E-state index contributed by atoms with van der Waals surface area (Å²) in [5.74, 6) is 0.198. The van der Waals surface area contributed by atoms with Gasteiger partial charge < -0.3 is 20.3 Å². The van der Waals surface area contributed by atoms with Crippen molar-refractivity contribution in [2.24, 2.45) is 0 Å². The highest BCUT2D eigenvalue weighted by molar-refractivity contribution is 6.03. The summed E-state index contributed by atoms with van der Waals surface area (Å²) >= 11 is 0. The maximum absolute atomic E-state index is 12.3. The topological polar surface area (TPSA) is 79.4 Å². The predicted octanol–water partition coefficient (Wildman–Crippen LogP) is 3.31. The summed E-state index contributed by atoms with van der Waals surface area (Å²) in [6, 6.07) is 17.3. The van der Waals surface area contributed by atoms with Gasteiger partial charge in [0.1, 0.15) is 0 Å². The molecule has 0 saturated carbocycles. The molecule has 1 aromatic heterocycles. The molecule has 7 heteroatoms. The van der Waals surface area contributed by atoms with Gasteiger partial charge in [-0.1, -0.05) is 30.3 Å². The smallest absolute Gasteiger partial charge is 0.258 e.